The number of carbonyl (C=O) groups is 1. The second kappa shape index (κ2) is 8.63. The van der Waals surface area contributed by atoms with E-state index < -0.39 is 17.5 Å². The number of nitrogens with zero attached hydrogens (tertiary/aromatic N) is 3. The number of amides is 1. The quantitative estimate of drug-likeness (QED) is 0.814. The fourth-order valence-electron chi connectivity index (χ4n) is 2.48. The lowest BCUT2D eigenvalue weighted by Crippen LogP contribution is -2.39. The highest BCUT2D eigenvalue weighted by atomic mass is 19.1. The lowest BCUT2D eigenvalue weighted by Gasteiger charge is -2.26. The van der Waals surface area contributed by atoms with Crippen molar-refractivity contribution in [3.63, 3.8) is 0 Å². The second-order valence-electron chi connectivity index (χ2n) is 5.75. The van der Waals surface area contributed by atoms with Crippen molar-refractivity contribution in [3.8, 4) is 0 Å². The van der Waals surface area contributed by atoms with Crippen LogP contribution in [-0.2, 0) is 4.74 Å². The van der Waals surface area contributed by atoms with E-state index in [1.807, 2.05) is 0 Å². The molecule has 0 atom stereocenters. The topological polar surface area (TPSA) is 79.4 Å². The zero-order valence-electron chi connectivity index (χ0n) is 14.0. The Morgan fingerprint density at radius 1 is 1.19 bits per heavy atom. The van der Waals surface area contributed by atoms with Crippen LogP contribution in [0.1, 0.15) is 10.5 Å². The van der Waals surface area contributed by atoms with Gasteiger partial charge in [-0.05, 0) is 12.1 Å². The van der Waals surface area contributed by atoms with Crippen LogP contribution in [0.2, 0.25) is 0 Å². The van der Waals surface area contributed by atoms with E-state index in [9.17, 15) is 13.6 Å². The summed E-state index contributed by atoms with van der Waals surface area (Å²) < 4.78 is 31.7. The van der Waals surface area contributed by atoms with Gasteiger partial charge in [0, 0.05) is 32.2 Å². The number of halogens is 2. The van der Waals surface area contributed by atoms with Crippen LogP contribution in [0.15, 0.2) is 30.6 Å². The van der Waals surface area contributed by atoms with Crippen molar-refractivity contribution in [2.24, 2.45) is 0 Å². The van der Waals surface area contributed by atoms with Gasteiger partial charge in [0.1, 0.15) is 23.1 Å². The van der Waals surface area contributed by atoms with E-state index in [1.165, 1.54) is 12.4 Å². The molecule has 1 aromatic carbocycles. The van der Waals surface area contributed by atoms with Gasteiger partial charge in [-0.15, -0.1) is 0 Å². The Bertz CT molecular complexity index is 751. The molecule has 9 heteroatoms. The Labute approximate surface area is 149 Å². The third kappa shape index (κ3) is 4.93. The van der Waals surface area contributed by atoms with Crippen LogP contribution < -0.4 is 10.6 Å². The van der Waals surface area contributed by atoms with Gasteiger partial charge >= 0.3 is 0 Å². The Hall–Kier alpha value is -2.65. The van der Waals surface area contributed by atoms with Gasteiger partial charge in [-0.25, -0.2) is 18.7 Å². The van der Waals surface area contributed by atoms with Gasteiger partial charge in [-0.2, -0.15) is 0 Å². The molecule has 1 amide bonds. The minimum Gasteiger partial charge on any atom is -0.379 e. The molecule has 1 aliphatic heterocycles. The number of rotatable bonds is 6. The smallest absolute Gasteiger partial charge is 0.275 e. The third-order valence-corrected chi connectivity index (χ3v) is 3.90. The van der Waals surface area contributed by atoms with Crippen molar-refractivity contribution in [2.45, 2.75) is 0 Å². The van der Waals surface area contributed by atoms with Crippen LogP contribution in [0, 0.1) is 11.6 Å². The van der Waals surface area contributed by atoms with Crippen LogP contribution in [0.4, 0.5) is 20.3 Å². The molecule has 0 saturated carbocycles. The Morgan fingerprint density at radius 2 is 2.00 bits per heavy atom. The number of nitrogens with one attached hydrogen (secondary N) is 2. The summed E-state index contributed by atoms with van der Waals surface area (Å²) in [6, 6.07) is 2.91. The van der Waals surface area contributed by atoms with Gasteiger partial charge in [0.25, 0.3) is 5.91 Å². The van der Waals surface area contributed by atoms with Crippen LogP contribution >= 0.6 is 0 Å². The molecule has 2 heterocycles. The van der Waals surface area contributed by atoms with Gasteiger partial charge in [0.15, 0.2) is 0 Å². The standard InChI is InChI=1S/C17H19F2N5O2/c18-12-1-2-14(13(19)9-12)23-17(25)15-10-22-16(11-21-15)20-3-4-24-5-7-26-8-6-24/h1-2,9-11H,3-8H2,(H,20,22)(H,23,25). The number of morpholine rings is 1. The zero-order valence-corrected chi connectivity index (χ0v) is 14.0. The van der Waals surface area contributed by atoms with E-state index >= 15 is 0 Å². The summed E-state index contributed by atoms with van der Waals surface area (Å²) >= 11 is 0. The van der Waals surface area contributed by atoms with Crippen LogP contribution in [0.3, 0.4) is 0 Å². The molecule has 0 unspecified atom stereocenters. The molecule has 0 spiro atoms. The third-order valence-electron chi connectivity index (χ3n) is 3.90. The number of benzene rings is 1. The minimum absolute atomic E-state index is 0.0347. The van der Waals surface area contributed by atoms with Gasteiger partial charge < -0.3 is 15.4 Å². The summed E-state index contributed by atoms with van der Waals surface area (Å²) in [5.74, 6) is -1.65. The lowest BCUT2D eigenvalue weighted by molar-refractivity contribution is 0.0398. The van der Waals surface area contributed by atoms with Crippen LogP contribution in [-0.4, -0.2) is 60.2 Å². The predicted molar refractivity (Wildman–Crippen MR) is 92.1 cm³/mol. The first-order valence-corrected chi connectivity index (χ1v) is 8.24. The Morgan fingerprint density at radius 3 is 2.69 bits per heavy atom. The molecule has 1 saturated heterocycles. The number of ether oxygens (including phenoxy) is 1. The molecule has 7 nitrogen and oxygen atoms in total. The van der Waals surface area contributed by atoms with Gasteiger partial charge in [0.2, 0.25) is 0 Å². The first-order valence-electron chi connectivity index (χ1n) is 8.24. The number of hydrogen-bond acceptors (Lipinski definition) is 6. The zero-order chi connectivity index (χ0) is 18.4. The highest BCUT2D eigenvalue weighted by molar-refractivity contribution is 6.02. The van der Waals surface area contributed by atoms with E-state index in [4.69, 9.17) is 4.74 Å². The summed E-state index contributed by atoms with van der Waals surface area (Å²) in [6.45, 7) is 4.87. The van der Waals surface area contributed by atoms with E-state index in [-0.39, 0.29) is 11.4 Å². The number of hydrogen-bond donors (Lipinski definition) is 2. The summed E-state index contributed by atoms with van der Waals surface area (Å²) in [5.41, 5.74) is -0.0848. The molecule has 0 aliphatic carbocycles. The molecule has 1 aromatic heterocycles. The molecule has 1 fully saturated rings. The number of aromatic nitrogens is 2. The molecule has 138 valence electrons. The normalized spacial score (nSPS) is 14.8. The highest BCUT2D eigenvalue weighted by Crippen LogP contribution is 2.15. The Balaban J connectivity index is 1.50. The average molecular weight is 363 g/mol. The molecule has 3 rings (SSSR count). The molecule has 26 heavy (non-hydrogen) atoms. The van der Waals surface area contributed by atoms with Crippen LogP contribution in [0.5, 0.6) is 0 Å². The minimum atomic E-state index is -0.854. The van der Waals surface area contributed by atoms with Crippen molar-refractivity contribution in [1.82, 2.24) is 14.9 Å². The van der Waals surface area contributed by atoms with E-state index in [1.54, 1.807) is 0 Å². The fraction of sp³-hybridized carbons (Fsp3) is 0.353. The van der Waals surface area contributed by atoms with E-state index in [2.05, 4.69) is 25.5 Å². The van der Waals surface area contributed by atoms with Crippen molar-refractivity contribution in [2.75, 3.05) is 50.0 Å². The molecule has 2 N–H and O–H groups in total. The molecular weight excluding hydrogens is 344 g/mol. The SMILES string of the molecule is O=C(Nc1ccc(F)cc1F)c1cnc(NCCN2CCOCC2)cn1. The van der Waals surface area contributed by atoms with Crippen molar-refractivity contribution in [1.29, 1.82) is 0 Å². The van der Waals surface area contributed by atoms with E-state index in [0.29, 0.717) is 18.4 Å². The van der Waals surface area contributed by atoms with Gasteiger partial charge in [0.05, 0.1) is 31.3 Å². The summed E-state index contributed by atoms with van der Waals surface area (Å²) in [7, 11) is 0. The van der Waals surface area contributed by atoms with Gasteiger partial charge in [-0.1, -0.05) is 0 Å². The van der Waals surface area contributed by atoms with Crippen molar-refractivity contribution >= 4 is 17.4 Å². The molecule has 2 aromatic rings. The maximum atomic E-state index is 13.6. The first kappa shape index (κ1) is 18.2. The van der Waals surface area contributed by atoms with Crippen LogP contribution in [0.25, 0.3) is 0 Å². The number of carbonyl (C=O) groups excluding carboxylic acids is 1. The summed E-state index contributed by atoms with van der Waals surface area (Å²) in [4.78, 5) is 22.5. The summed E-state index contributed by atoms with van der Waals surface area (Å²) in [5, 5.41) is 5.47. The monoisotopic (exact) mass is 363 g/mol. The number of anilines is 2. The van der Waals surface area contributed by atoms with Crippen molar-refractivity contribution < 1.29 is 18.3 Å². The second-order valence-corrected chi connectivity index (χ2v) is 5.75. The van der Waals surface area contributed by atoms with Crippen molar-refractivity contribution in [3.05, 3.63) is 47.9 Å². The fourth-order valence-corrected chi connectivity index (χ4v) is 2.48. The van der Waals surface area contributed by atoms with E-state index in [0.717, 1.165) is 45.0 Å². The highest BCUT2D eigenvalue weighted by Gasteiger charge is 2.12. The summed E-state index contributed by atoms with van der Waals surface area (Å²) in [6.07, 6.45) is 2.74. The molecule has 0 bridgehead atoms. The first-order chi connectivity index (χ1) is 12.6. The maximum Gasteiger partial charge on any atom is 0.275 e. The molecule has 0 radical (unpaired) electrons. The van der Waals surface area contributed by atoms with Gasteiger partial charge in [-0.3, -0.25) is 9.69 Å². The largest absolute Gasteiger partial charge is 0.379 e. The lowest BCUT2D eigenvalue weighted by atomic mass is 10.3. The molecular formula is C17H19F2N5O2. The average Bonchev–Trinajstić information content (AvgIpc) is 2.65. The Kier molecular flexibility index (Phi) is 6.03. The maximum absolute atomic E-state index is 13.6. The molecule has 1 aliphatic rings. The predicted octanol–water partition coefficient (Wildman–Crippen LogP) is 1.75.